The Kier molecular flexibility index (Phi) is 3.98. The Labute approximate surface area is 72.6 Å². The van der Waals surface area contributed by atoms with Crippen molar-refractivity contribution in [3.63, 3.8) is 0 Å². The quantitative estimate of drug-likeness (QED) is 0.381. The van der Waals surface area contributed by atoms with E-state index in [0.717, 1.165) is 0 Å². The van der Waals surface area contributed by atoms with Crippen LogP contribution in [0.5, 0.6) is 0 Å². The summed E-state index contributed by atoms with van der Waals surface area (Å²) >= 11 is 0. The van der Waals surface area contributed by atoms with E-state index in [1.54, 1.807) is 0 Å². The van der Waals surface area contributed by atoms with Crippen molar-refractivity contribution in [2.75, 3.05) is 6.61 Å². The molecule has 0 aliphatic carbocycles. The van der Waals surface area contributed by atoms with Crippen LogP contribution in [0.4, 0.5) is 13.2 Å². The third-order valence-corrected chi connectivity index (χ3v) is 0.952. The van der Waals surface area contributed by atoms with Gasteiger partial charge in [-0.2, -0.15) is 13.2 Å². The van der Waals surface area contributed by atoms with Gasteiger partial charge in [-0.15, -0.1) is 0 Å². The fourth-order valence-electron chi connectivity index (χ4n) is 0.473. The second-order valence-corrected chi connectivity index (χ2v) is 1.89. The number of esters is 1. The van der Waals surface area contributed by atoms with Gasteiger partial charge < -0.3 is 4.74 Å². The highest BCUT2D eigenvalue weighted by molar-refractivity contribution is 5.83. The fourth-order valence-corrected chi connectivity index (χ4v) is 0.473. The van der Waals surface area contributed by atoms with E-state index in [0.29, 0.717) is 0 Å². The van der Waals surface area contributed by atoms with Crippen molar-refractivity contribution >= 4 is 5.97 Å². The van der Waals surface area contributed by atoms with Gasteiger partial charge in [-0.1, -0.05) is 0 Å². The second kappa shape index (κ2) is 4.50. The van der Waals surface area contributed by atoms with Crippen LogP contribution in [0.25, 0.3) is 4.85 Å². The Hall–Kier alpha value is -1.51. The molecule has 0 aromatic carbocycles. The van der Waals surface area contributed by atoms with Crippen LogP contribution in [0.3, 0.4) is 0 Å². The average Bonchev–Trinajstić information content (AvgIpc) is 1.98. The summed E-state index contributed by atoms with van der Waals surface area (Å²) in [4.78, 5) is 12.7. The maximum Gasteiger partial charge on any atom is 0.419 e. The molecule has 0 heterocycles. The fraction of sp³-hybridized carbons (Fsp3) is 0.429. The topological polar surface area (TPSA) is 30.7 Å². The van der Waals surface area contributed by atoms with Crippen molar-refractivity contribution in [1.82, 2.24) is 0 Å². The lowest BCUT2D eigenvalue weighted by Crippen LogP contribution is -2.12. The van der Waals surface area contributed by atoms with Crippen molar-refractivity contribution in [3.05, 3.63) is 23.2 Å². The molecule has 3 nitrogen and oxygen atoms in total. The SMILES string of the molecule is [C-]#[N+]/C(=C/C(=O)OCC)C(F)(F)F. The van der Waals surface area contributed by atoms with E-state index in [1.165, 1.54) is 6.92 Å². The molecule has 13 heavy (non-hydrogen) atoms. The van der Waals surface area contributed by atoms with E-state index in [2.05, 4.69) is 9.58 Å². The monoisotopic (exact) mass is 193 g/mol. The predicted octanol–water partition coefficient (Wildman–Crippen LogP) is 1.91. The summed E-state index contributed by atoms with van der Waals surface area (Å²) in [7, 11) is 0. The van der Waals surface area contributed by atoms with E-state index in [-0.39, 0.29) is 12.7 Å². The van der Waals surface area contributed by atoms with E-state index in [9.17, 15) is 18.0 Å². The number of allylic oxidation sites excluding steroid dienone is 1. The molecule has 0 radical (unpaired) electrons. The Morgan fingerprint density at radius 1 is 1.62 bits per heavy atom. The molecule has 0 N–H and O–H groups in total. The molecule has 0 amide bonds. The van der Waals surface area contributed by atoms with Crippen LogP contribution in [0.1, 0.15) is 6.92 Å². The molecule has 0 spiro atoms. The molecule has 0 aromatic heterocycles. The van der Waals surface area contributed by atoms with Crippen molar-refractivity contribution in [2.45, 2.75) is 13.1 Å². The van der Waals surface area contributed by atoms with Crippen LogP contribution in [-0.4, -0.2) is 18.8 Å². The molecule has 72 valence electrons. The number of halogens is 3. The highest BCUT2D eigenvalue weighted by atomic mass is 19.4. The molecule has 0 rings (SSSR count). The first kappa shape index (κ1) is 11.5. The van der Waals surface area contributed by atoms with Gasteiger partial charge in [0.1, 0.15) is 0 Å². The first-order valence-electron chi connectivity index (χ1n) is 3.25. The molecule has 0 bridgehead atoms. The Morgan fingerprint density at radius 2 is 2.15 bits per heavy atom. The second-order valence-electron chi connectivity index (χ2n) is 1.89. The number of alkyl halides is 3. The Morgan fingerprint density at radius 3 is 2.46 bits per heavy atom. The van der Waals surface area contributed by atoms with Crippen molar-refractivity contribution in [2.24, 2.45) is 0 Å². The molecule has 0 aromatic rings. The number of nitrogens with zero attached hydrogens (tertiary/aromatic N) is 1. The molecule has 0 fully saturated rings. The van der Waals surface area contributed by atoms with E-state index in [1.807, 2.05) is 0 Å². The maximum absolute atomic E-state index is 11.8. The summed E-state index contributed by atoms with van der Waals surface area (Å²) in [6.07, 6.45) is -4.66. The van der Waals surface area contributed by atoms with Gasteiger partial charge in [0.2, 0.25) is 0 Å². The van der Waals surface area contributed by atoms with Crippen LogP contribution in [0, 0.1) is 6.57 Å². The molecule has 0 aliphatic heterocycles. The smallest absolute Gasteiger partial charge is 0.419 e. The molecular formula is C7H6F3NO2. The number of ether oxygens (including phenoxy) is 1. The van der Waals surface area contributed by atoms with Gasteiger partial charge >= 0.3 is 12.1 Å². The van der Waals surface area contributed by atoms with Crippen LogP contribution in [-0.2, 0) is 9.53 Å². The van der Waals surface area contributed by atoms with Gasteiger partial charge in [-0.05, 0) is 6.92 Å². The summed E-state index contributed by atoms with van der Waals surface area (Å²) in [5.74, 6) is -1.16. The summed E-state index contributed by atoms with van der Waals surface area (Å²) < 4.78 is 39.7. The predicted molar refractivity (Wildman–Crippen MR) is 37.4 cm³/mol. The lowest BCUT2D eigenvalue weighted by Gasteiger charge is -2.02. The van der Waals surface area contributed by atoms with Crippen molar-refractivity contribution in [3.8, 4) is 0 Å². The number of hydrogen-bond donors (Lipinski definition) is 0. The minimum Gasteiger partial charge on any atom is -0.464 e. The standard InChI is InChI=1S/C7H6F3NO2/c1-3-13-6(12)4-5(11-2)7(8,9)10/h4H,3H2,1H3/b5-4+. The Balaban J connectivity index is 4.61. The van der Waals surface area contributed by atoms with E-state index >= 15 is 0 Å². The number of carbonyl (C=O) groups is 1. The van der Waals surface area contributed by atoms with Gasteiger partial charge in [0, 0.05) is 6.08 Å². The van der Waals surface area contributed by atoms with Crippen LogP contribution < -0.4 is 0 Å². The number of carbonyl (C=O) groups excluding carboxylic acids is 1. The molecule has 0 atom stereocenters. The zero-order chi connectivity index (χ0) is 10.5. The third-order valence-electron chi connectivity index (χ3n) is 0.952. The lowest BCUT2D eigenvalue weighted by molar-refractivity contribution is -0.138. The zero-order valence-electron chi connectivity index (χ0n) is 6.68. The van der Waals surface area contributed by atoms with Crippen molar-refractivity contribution < 1.29 is 22.7 Å². The maximum atomic E-state index is 11.8. The van der Waals surface area contributed by atoms with Gasteiger partial charge in [0.25, 0.3) is 5.70 Å². The average molecular weight is 193 g/mol. The normalized spacial score (nSPS) is 12.1. The highest BCUT2D eigenvalue weighted by Gasteiger charge is 2.35. The first-order chi connectivity index (χ1) is 5.91. The van der Waals surface area contributed by atoms with Gasteiger partial charge in [-0.3, -0.25) is 0 Å². The Bertz CT molecular complexity index is 262. The minimum absolute atomic E-state index is 0.0293. The molecule has 6 heteroatoms. The summed E-state index contributed by atoms with van der Waals surface area (Å²) in [6, 6.07) is 0. The molecular weight excluding hydrogens is 187 g/mol. The van der Waals surface area contributed by atoms with Crippen LogP contribution in [0.2, 0.25) is 0 Å². The third kappa shape index (κ3) is 4.15. The molecule has 0 aliphatic rings. The summed E-state index contributed by atoms with van der Waals surface area (Å²) in [5.41, 5.74) is -1.58. The van der Waals surface area contributed by atoms with Gasteiger partial charge in [-0.25, -0.2) is 9.64 Å². The molecule has 0 saturated heterocycles. The molecule has 0 unspecified atom stereocenters. The van der Waals surface area contributed by atoms with E-state index in [4.69, 9.17) is 6.57 Å². The van der Waals surface area contributed by atoms with Crippen molar-refractivity contribution in [1.29, 1.82) is 0 Å². The van der Waals surface area contributed by atoms with Crippen LogP contribution in [0.15, 0.2) is 11.8 Å². The number of hydrogen-bond acceptors (Lipinski definition) is 2. The van der Waals surface area contributed by atoms with Gasteiger partial charge in [0.15, 0.2) is 0 Å². The van der Waals surface area contributed by atoms with Crippen LogP contribution >= 0.6 is 0 Å². The first-order valence-corrected chi connectivity index (χ1v) is 3.25. The molecule has 0 saturated carbocycles. The lowest BCUT2D eigenvalue weighted by atomic mass is 10.4. The van der Waals surface area contributed by atoms with Gasteiger partial charge in [0.05, 0.1) is 13.2 Å². The summed E-state index contributed by atoms with van der Waals surface area (Å²) in [5, 5.41) is 0. The highest BCUT2D eigenvalue weighted by Crippen LogP contribution is 2.26. The summed E-state index contributed by atoms with van der Waals surface area (Å²) in [6.45, 7) is 7.60. The zero-order valence-corrected chi connectivity index (χ0v) is 6.68. The van der Waals surface area contributed by atoms with E-state index < -0.39 is 17.8 Å². The number of rotatable bonds is 2. The largest absolute Gasteiger partial charge is 0.464 e. The minimum atomic E-state index is -4.80.